The van der Waals surface area contributed by atoms with Crippen LogP contribution in [0.4, 0.5) is 0 Å². The number of sulfonamides is 1. The highest BCUT2D eigenvalue weighted by atomic mass is 32.2. The molecular formula is C11H22N2O4S. The molecule has 0 atom stereocenters. The van der Waals surface area contributed by atoms with Crippen LogP contribution >= 0.6 is 0 Å². The van der Waals surface area contributed by atoms with Crippen LogP contribution in [-0.2, 0) is 19.6 Å². The van der Waals surface area contributed by atoms with E-state index in [4.69, 9.17) is 4.74 Å². The van der Waals surface area contributed by atoms with Gasteiger partial charge in [0.25, 0.3) is 0 Å². The van der Waals surface area contributed by atoms with Crippen LogP contribution < -0.4 is 10.0 Å². The molecule has 0 bridgehead atoms. The molecule has 106 valence electrons. The zero-order chi connectivity index (χ0) is 13.6. The molecular weight excluding hydrogens is 256 g/mol. The maximum atomic E-state index is 11.4. The number of rotatable bonds is 6. The lowest BCUT2D eigenvalue weighted by atomic mass is 10.1. The topological polar surface area (TPSA) is 84.5 Å². The number of hydrogen-bond donors (Lipinski definition) is 2. The van der Waals surface area contributed by atoms with Gasteiger partial charge in [0.1, 0.15) is 0 Å². The van der Waals surface area contributed by atoms with Gasteiger partial charge in [-0.25, -0.2) is 8.42 Å². The molecule has 1 saturated heterocycles. The molecule has 0 unspecified atom stereocenters. The van der Waals surface area contributed by atoms with E-state index in [1.807, 2.05) is 4.72 Å². The summed E-state index contributed by atoms with van der Waals surface area (Å²) in [6, 6.07) is 0. The Kier molecular flexibility index (Phi) is 6.04. The Balaban J connectivity index is 2.21. The molecule has 0 spiro atoms. The fourth-order valence-electron chi connectivity index (χ4n) is 1.61. The van der Waals surface area contributed by atoms with Gasteiger partial charge in [-0.1, -0.05) is 0 Å². The zero-order valence-corrected chi connectivity index (χ0v) is 11.8. The average molecular weight is 278 g/mol. The van der Waals surface area contributed by atoms with Crippen molar-refractivity contribution >= 4 is 15.9 Å². The number of carbonyl (C=O) groups excluding carboxylic acids is 1. The van der Waals surface area contributed by atoms with Gasteiger partial charge in [-0.3, -0.25) is 9.52 Å². The first kappa shape index (κ1) is 15.4. The molecule has 0 saturated carbocycles. The van der Waals surface area contributed by atoms with Crippen molar-refractivity contribution in [2.75, 3.05) is 19.7 Å². The highest BCUT2D eigenvalue weighted by Gasteiger charge is 2.19. The third-order valence-electron chi connectivity index (χ3n) is 2.85. The molecule has 1 aliphatic rings. The summed E-state index contributed by atoms with van der Waals surface area (Å²) in [7, 11) is -3.52. The molecule has 1 rings (SSSR count). The standard InChI is InChI=1S/C11H22N2O4S/c1-9(2)18(15,16)13-11(14)5-8-17-10-3-6-12-7-4-10/h9-10,12H,3-8H2,1-2H3,(H,13,14). The van der Waals surface area contributed by atoms with Gasteiger partial charge in [0.2, 0.25) is 15.9 Å². The predicted octanol–water partition coefficient (Wildman–Crippen LogP) is -0.000500. The molecule has 0 aromatic heterocycles. The van der Waals surface area contributed by atoms with Gasteiger partial charge in [-0.15, -0.1) is 0 Å². The Morgan fingerprint density at radius 1 is 1.39 bits per heavy atom. The van der Waals surface area contributed by atoms with Crippen molar-refractivity contribution in [1.82, 2.24) is 10.0 Å². The van der Waals surface area contributed by atoms with E-state index in [2.05, 4.69) is 5.32 Å². The van der Waals surface area contributed by atoms with E-state index >= 15 is 0 Å². The van der Waals surface area contributed by atoms with Crippen molar-refractivity contribution in [3.63, 3.8) is 0 Å². The Hall–Kier alpha value is -0.660. The number of carbonyl (C=O) groups is 1. The molecule has 1 heterocycles. The van der Waals surface area contributed by atoms with Crippen LogP contribution in [0, 0.1) is 0 Å². The third kappa shape index (κ3) is 5.32. The lowest BCUT2D eigenvalue weighted by Gasteiger charge is -2.22. The second kappa shape index (κ2) is 7.06. The third-order valence-corrected chi connectivity index (χ3v) is 4.60. The second-order valence-corrected chi connectivity index (χ2v) is 6.93. The summed E-state index contributed by atoms with van der Waals surface area (Å²) in [5.74, 6) is -0.502. The molecule has 18 heavy (non-hydrogen) atoms. The van der Waals surface area contributed by atoms with Crippen LogP contribution in [-0.4, -0.2) is 45.4 Å². The van der Waals surface area contributed by atoms with Gasteiger partial charge >= 0.3 is 0 Å². The predicted molar refractivity (Wildman–Crippen MR) is 68.7 cm³/mol. The summed E-state index contributed by atoms with van der Waals surface area (Å²) >= 11 is 0. The molecule has 6 nitrogen and oxygen atoms in total. The van der Waals surface area contributed by atoms with Gasteiger partial charge < -0.3 is 10.1 Å². The zero-order valence-electron chi connectivity index (χ0n) is 10.9. The van der Waals surface area contributed by atoms with Crippen molar-refractivity contribution in [2.45, 2.75) is 44.5 Å². The summed E-state index contributed by atoms with van der Waals surface area (Å²) in [6.07, 6.45) is 2.13. The molecule has 0 aromatic rings. The molecule has 0 aromatic carbocycles. The maximum absolute atomic E-state index is 11.4. The van der Waals surface area contributed by atoms with Crippen molar-refractivity contribution in [3.05, 3.63) is 0 Å². The largest absolute Gasteiger partial charge is 0.378 e. The fourth-order valence-corrected chi connectivity index (χ4v) is 2.26. The number of amides is 1. The maximum Gasteiger partial charge on any atom is 0.237 e. The Morgan fingerprint density at radius 3 is 2.56 bits per heavy atom. The van der Waals surface area contributed by atoms with Crippen LogP contribution in [0.15, 0.2) is 0 Å². The lowest BCUT2D eigenvalue weighted by Crippen LogP contribution is -2.37. The van der Waals surface area contributed by atoms with Crippen LogP contribution in [0.25, 0.3) is 0 Å². The minimum atomic E-state index is -3.52. The van der Waals surface area contributed by atoms with E-state index in [0.29, 0.717) is 0 Å². The smallest absolute Gasteiger partial charge is 0.237 e. The van der Waals surface area contributed by atoms with Crippen molar-refractivity contribution in [3.8, 4) is 0 Å². The van der Waals surface area contributed by atoms with Gasteiger partial charge in [-0.05, 0) is 39.8 Å². The lowest BCUT2D eigenvalue weighted by molar-refractivity contribution is -0.121. The number of nitrogens with one attached hydrogen (secondary N) is 2. The number of hydrogen-bond acceptors (Lipinski definition) is 5. The molecule has 0 radical (unpaired) electrons. The first-order chi connectivity index (χ1) is 8.42. The molecule has 1 aliphatic heterocycles. The normalized spacial score (nSPS) is 17.9. The van der Waals surface area contributed by atoms with Crippen molar-refractivity contribution in [2.24, 2.45) is 0 Å². The quantitative estimate of drug-likeness (QED) is 0.714. The summed E-state index contributed by atoms with van der Waals surface area (Å²) in [5, 5.41) is 2.61. The highest BCUT2D eigenvalue weighted by molar-refractivity contribution is 7.90. The highest BCUT2D eigenvalue weighted by Crippen LogP contribution is 2.07. The van der Waals surface area contributed by atoms with Crippen LogP contribution in [0.2, 0.25) is 0 Å². The molecule has 1 fully saturated rings. The minimum absolute atomic E-state index is 0.0792. The van der Waals surface area contributed by atoms with E-state index in [0.717, 1.165) is 25.9 Å². The van der Waals surface area contributed by atoms with Crippen molar-refractivity contribution in [1.29, 1.82) is 0 Å². The Morgan fingerprint density at radius 2 is 2.00 bits per heavy atom. The summed E-state index contributed by atoms with van der Waals surface area (Å²) in [5.41, 5.74) is 0. The summed E-state index contributed by atoms with van der Waals surface area (Å²) < 4.78 is 30.4. The van der Waals surface area contributed by atoms with Gasteiger partial charge in [0, 0.05) is 0 Å². The van der Waals surface area contributed by atoms with Gasteiger partial charge in [0.15, 0.2) is 0 Å². The first-order valence-electron chi connectivity index (χ1n) is 6.28. The minimum Gasteiger partial charge on any atom is -0.378 e. The number of piperidine rings is 1. The average Bonchev–Trinajstić information content (AvgIpc) is 2.29. The fraction of sp³-hybridized carbons (Fsp3) is 0.909. The molecule has 7 heteroatoms. The van der Waals surface area contributed by atoms with E-state index in [9.17, 15) is 13.2 Å². The molecule has 1 amide bonds. The molecule has 0 aliphatic carbocycles. The van der Waals surface area contributed by atoms with Crippen LogP contribution in [0.5, 0.6) is 0 Å². The van der Waals surface area contributed by atoms with Gasteiger partial charge in [-0.2, -0.15) is 0 Å². The first-order valence-corrected chi connectivity index (χ1v) is 7.83. The summed E-state index contributed by atoms with van der Waals surface area (Å²) in [4.78, 5) is 11.4. The van der Waals surface area contributed by atoms with Gasteiger partial charge in [0.05, 0.1) is 24.4 Å². The van der Waals surface area contributed by atoms with Crippen LogP contribution in [0.1, 0.15) is 33.1 Å². The summed E-state index contributed by atoms with van der Waals surface area (Å²) in [6.45, 7) is 5.18. The SMILES string of the molecule is CC(C)S(=O)(=O)NC(=O)CCOC1CCNCC1. The molecule has 2 N–H and O–H groups in total. The van der Waals surface area contributed by atoms with E-state index < -0.39 is 21.2 Å². The second-order valence-electron chi connectivity index (χ2n) is 4.69. The van der Waals surface area contributed by atoms with E-state index in [-0.39, 0.29) is 19.1 Å². The number of ether oxygens (including phenoxy) is 1. The Bertz CT molecular complexity index is 361. The van der Waals surface area contributed by atoms with Crippen molar-refractivity contribution < 1.29 is 17.9 Å². The Labute approximate surface area is 109 Å². The van der Waals surface area contributed by atoms with E-state index in [1.165, 1.54) is 13.8 Å². The monoisotopic (exact) mass is 278 g/mol. The van der Waals surface area contributed by atoms with E-state index in [1.54, 1.807) is 0 Å². The van der Waals surface area contributed by atoms with Crippen LogP contribution in [0.3, 0.4) is 0 Å².